The van der Waals surface area contributed by atoms with Gasteiger partial charge >= 0.3 is 5.76 Å². The zero-order valence-corrected chi connectivity index (χ0v) is 14.3. The first-order chi connectivity index (χ1) is 12.4. The molecule has 0 bridgehead atoms. The lowest BCUT2D eigenvalue weighted by atomic mass is 10.1. The van der Waals surface area contributed by atoms with Crippen molar-refractivity contribution in [2.24, 2.45) is 0 Å². The van der Waals surface area contributed by atoms with E-state index in [2.05, 4.69) is 4.98 Å². The summed E-state index contributed by atoms with van der Waals surface area (Å²) in [4.78, 5) is 3.48. The minimum atomic E-state index is -4.82. The summed E-state index contributed by atoms with van der Waals surface area (Å²) in [6.07, 6.45) is 3.81. The van der Waals surface area contributed by atoms with E-state index in [9.17, 15) is 17.2 Å². The summed E-state index contributed by atoms with van der Waals surface area (Å²) in [7, 11) is -4.82. The van der Waals surface area contributed by atoms with Crippen molar-refractivity contribution < 1.29 is 31.4 Å². The first-order valence-corrected chi connectivity index (χ1v) is 9.53. The van der Waals surface area contributed by atoms with Crippen molar-refractivity contribution >= 4 is 9.84 Å². The van der Waals surface area contributed by atoms with Gasteiger partial charge in [0.15, 0.2) is 5.79 Å². The molecule has 1 aliphatic carbocycles. The second kappa shape index (κ2) is 6.26. The first-order valence-electron chi connectivity index (χ1n) is 7.98. The van der Waals surface area contributed by atoms with Crippen LogP contribution in [0.15, 0.2) is 41.6 Å². The van der Waals surface area contributed by atoms with Crippen molar-refractivity contribution in [3.8, 4) is 11.5 Å². The fourth-order valence-corrected chi connectivity index (χ4v) is 4.41. The first kappa shape index (κ1) is 17.3. The van der Waals surface area contributed by atoms with E-state index in [0.717, 1.165) is 6.07 Å². The molecule has 1 aliphatic heterocycles. The number of rotatable bonds is 4. The third-order valence-corrected chi connectivity index (χ3v) is 5.90. The Hall–Kier alpha value is -2.10. The summed E-state index contributed by atoms with van der Waals surface area (Å²) in [5, 5.41) is 0. The van der Waals surface area contributed by atoms with Crippen LogP contribution in [0.2, 0.25) is 0 Å². The molecule has 2 heterocycles. The lowest BCUT2D eigenvalue weighted by Gasteiger charge is -2.25. The molecule has 1 aromatic carbocycles. The Morgan fingerprint density at radius 3 is 2.62 bits per heavy atom. The van der Waals surface area contributed by atoms with Crippen molar-refractivity contribution in [2.75, 3.05) is 13.2 Å². The lowest BCUT2D eigenvalue weighted by molar-refractivity contribution is -0.164. The molecule has 2 aromatic rings. The van der Waals surface area contributed by atoms with Crippen LogP contribution in [0.3, 0.4) is 0 Å². The lowest BCUT2D eigenvalue weighted by Crippen LogP contribution is -2.27. The third kappa shape index (κ3) is 2.67. The Kier molecular flexibility index (Phi) is 4.17. The number of hydrogen-bond acceptors (Lipinski definition) is 6. The maximum absolute atomic E-state index is 13.2. The molecule has 9 heteroatoms. The van der Waals surface area contributed by atoms with Gasteiger partial charge in [0.25, 0.3) is 0 Å². The number of pyridine rings is 1. The second-order valence-electron chi connectivity index (χ2n) is 5.96. The molecule has 0 amide bonds. The van der Waals surface area contributed by atoms with Gasteiger partial charge in [-0.15, -0.1) is 0 Å². The van der Waals surface area contributed by atoms with Gasteiger partial charge < -0.3 is 14.2 Å². The van der Waals surface area contributed by atoms with E-state index in [1.807, 2.05) is 0 Å². The van der Waals surface area contributed by atoms with Gasteiger partial charge in [-0.05, 0) is 30.7 Å². The van der Waals surface area contributed by atoms with E-state index >= 15 is 0 Å². The maximum atomic E-state index is 13.2. The summed E-state index contributed by atoms with van der Waals surface area (Å²) in [6.45, 7) is 0.530. The van der Waals surface area contributed by atoms with Crippen LogP contribution in [0.1, 0.15) is 17.5 Å². The van der Waals surface area contributed by atoms with Crippen molar-refractivity contribution in [3.63, 3.8) is 0 Å². The van der Waals surface area contributed by atoms with Crippen molar-refractivity contribution in [1.82, 2.24) is 4.98 Å². The average molecular weight is 383 g/mol. The Morgan fingerprint density at radius 1 is 1.19 bits per heavy atom. The number of nitrogens with zero attached hydrogens (tertiary/aromatic N) is 1. The SMILES string of the molecule is O=S(=O)(c1ccc(Oc2cccnc2)c2c1C1(CC2)OCCO1)C(F)F. The summed E-state index contributed by atoms with van der Waals surface area (Å²) >= 11 is 0. The molecular weight excluding hydrogens is 368 g/mol. The summed E-state index contributed by atoms with van der Waals surface area (Å²) in [6, 6.07) is 5.89. The molecule has 0 N–H and O–H groups in total. The Morgan fingerprint density at radius 2 is 1.96 bits per heavy atom. The predicted octanol–water partition coefficient (Wildman–Crippen LogP) is 3.02. The number of fused-ring (bicyclic) bond motifs is 2. The van der Waals surface area contributed by atoms with Gasteiger partial charge in [-0.2, -0.15) is 8.78 Å². The van der Waals surface area contributed by atoms with Crippen LogP contribution in [0.5, 0.6) is 11.5 Å². The summed E-state index contributed by atoms with van der Waals surface area (Å²) in [5.41, 5.74) is 0.620. The Labute approximate surface area is 148 Å². The van der Waals surface area contributed by atoms with E-state index < -0.39 is 26.3 Å². The highest BCUT2D eigenvalue weighted by Gasteiger charge is 2.50. The van der Waals surface area contributed by atoms with E-state index in [-0.39, 0.29) is 18.8 Å². The average Bonchev–Trinajstić information content (AvgIpc) is 3.25. The molecule has 6 nitrogen and oxygen atoms in total. The Bertz CT molecular complexity index is 928. The largest absolute Gasteiger partial charge is 0.455 e. The van der Waals surface area contributed by atoms with Crippen LogP contribution < -0.4 is 4.74 Å². The molecule has 0 saturated carbocycles. The topological polar surface area (TPSA) is 74.7 Å². The normalized spacial score (nSPS) is 18.4. The van der Waals surface area contributed by atoms with Gasteiger partial charge in [0.2, 0.25) is 9.84 Å². The van der Waals surface area contributed by atoms with Gasteiger partial charge in [0.05, 0.1) is 24.3 Å². The van der Waals surface area contributed by atoms with E-state index in [4.69, 9.17) is 14.2 Å². The smallest absolute Gasteiger partial charge is 0.341 e. The summed E-state index contributed by atoms with van der Waals surface area (Å²) in [5.74, 6) is -4.03. The maximum Gasteiger partial charge on any atom is 0.341 e. The monoisotopic (exact) mass is 383 g/mol. The van der Waals surface area contributed by atoms with Gasteiger partial charge in [-0.3, -0.25) is 4.98 Å². The van der Waals surface area contributed by atoms with Crippen LogP contribution in [0.4, 0.5) is 8.78 Å². The van der Waals surface area contributed by atoms with Crippen molar-refractivity contribution in [2.45, 2.75) is 29.3 Å². The molecule has 2 aliphatic rings. The number of alkyl halides is 2. The second-order valence-corrected chi connectivity index (χ2v) is 7.85. The van der Waals surface area contributed by atoms with Crippen LogP contribution in [-0.2, 0) is 31.5 Å². The Balaban J connectivity index is 1.88. The number of aromatic nitrogens is 1. The highest BCUT2D eigenvalue weighted by molar-refractivity contribution is 7.91. The number of ether oxygens (including phenoxy) is 3. The minimum Gasteiger partial charge on any atom is -0.455 e. The van der Waals surface area contributed by atoms with Gasteiger partial charge in [0, 0.05) is 23.7 Å². The van der Waals surface area contributed by atoms with Gasteiger partial charge in [-0.25, -0.2) is 8.42 Å². The fraction of sp³-hybridized carbons (Fsp3) is 0.353. The van der Waals surface area contributed by atoms with E-state index in [1.165, 1.54) is 12.3 Å². The zero-order chi connectivity index (χ0) is 18.4. The number of hydrogen-bond donors (Lipinski definition) is 0. The molecule has 1 fully saturated rings. The highest BCUT2D eigenvalue weighted by Crippen LogP contribution is 2.50. The van der Waals surface area contributed by atoms with Gasteiger partial charge in [-0.1, -0.05) is 0 Å². The highest BCUT2D eigenvalue weighted by atomic mass is 32.2. The van der Waals surface area contributed by atoms with Crippen LogP contribution in [-0.4, -0.2) is 32.4 Å². The van der Waals surface area contributed by atoms with Crippen LogP contribution >= 0.6 is 0 Å². The van der Waals surface area contributed by atoms with E-state index in [0.29, 0.717) is 29.9 Å². The number of halogens is 2. The molecule has 1 saturated heterocycles. The molecule has 0 atom stereocenters. The molecule has 1 spiro atoms. The molecule has 4 rings (SSSR count). The zero-order valence-electron chi connectivity index (χ0n) is 13.5. The van der Waals surface area contributed by atoms with Crippen molar-refractivity contribution in [3.05, 3.63) is 47.8 Å². The molecular formula is C17H15F2NO5S. The molecule has 1 aromatic heterocycles. The molecule has 0 radical (unpaired) electrons. The minimum absolute atomic E-state index is 0.122. The molecule has 138 valence electrons. The predicted molar refractivity (Wildman–Crippen MR) is 85.8 cm³/mol. The van der Waals surface area contributed by atoms with Gasteiger partial charge in [0.1, 0.15) is 11.5 Å². The summed E-state index contributed by atoms with van der Waals surface area (Å²) < 4.78 is 67.8. The van der Waals surface area contributed by atoms with E-state index in [1.54, 1.807) is 18.3 Å². The standard InChI is InChI=1S/C17H15F2NO5S/c18-16(19)26(21,22)14-4-3-13(25-11-2-1-7-20-10-11)12-5-6-17(15(12)14)23-8-9-24-17/h1-4,7,10,16H,5-6,8-9H2. The van der Waals surface area contributed by atoms with Crippen molar-refractivity contribution in [1.29, 1.82) is 0 Å². The number of sulfone groups is 1. The third-order valence-electron chi connectivity index (χ3n) is 4.47. The number of benzene rings is 1. The van der Waals surface area contributed by atoms with Crippen LogP contribution in [0, 0.1) is 0 Å². The quantitative estimate of drug-likeness (QED) is 0.808. The van der Waals surface area contributed by atoms with Crippen LogP contribution in [0.25, 0.3) is 0 Å². The molecule has 0 unspecified atom stereocenters. The fourth-order valence-electron chi connectivity index (χ4n) is 3.39. The molecule has 26 heavy (non-hydrogen) atoms.